The molecular weight excluding hydrogens is 360 g/mol. The molecule has 0 saturated heterocycles. The molecule has 0 saturated carbocycles. The zero-order valence-corrected chi connectivity index (χ0v) is 15.0. The molecule has 1 heterocycles. The minimum atomic E-state index is -0.363. The number of nitro groups is 1. The Hall–Kier alpha value is -2.38. The normalized spacial score (nSPS) is 10.8. The third kappa shape index (κ3) is 3.83. The Morgan fingerprint density at radius 3 is 2.72 bits per heavy atom. The topological polar surface area (TPSA) is 73.8 Å². The maximum Gasteiger partial charge on any atom is 0.273 e. The average molecular weight is 375 g/mol. The SMILES string of the molecule is CCn1c(SCc2ccccc2[N+](=O)[O-])nnc1-c1cccc(Cl)c1. The standard InChI is InChI=1S/C17H15ClN4O2S/c1-2-21-16(12-7-5-8-14(18)10-12)19-20-17(21)25-11-13-6-3-4-9-15(13)22(23)24/h3-10H,2,11H2,1H3. The fraction of sp³-hybridized carbons (Fsp3) is 0.176. The molecule has 1 aromatic heterocycles. The molecule has 8 heteroatoms. The first-order valence-corrected chi connectivity index (χ1v) is 9.00. The van der Waals surface area contributed by atoms with Gasteiger partial charge in [-0.2, -0.15) is 0 Å². The van der Waals surface area contributed by atoms with Crippen LogP contribution in [0, 0.1) is 10.1 Å². The first-order chi connectivity index (χ1) is 12.1. The minimum absolute atomic E-state index is 0.118. The van der Waals surface area contributed by atoms with E-state index in [1.165, 1.54) is 17.8 Å². The van der Waals surface area contributed by atoms with E-state index in [9.17, 15) is 10.1 Å². The van der Waals surface area contributed by atoms with E-state index in [0.717, 1.165) is 16.5 Å². The van der Waals surface area contributed by atoms with E-state index in [1.807, 2.05) is 35.8 Å². The average Bonchev–Trinajstić information content (AvgIpc) is 3.03. The first kappa shape index (κ1) is 17.4. The second-order valence-electron chi connectivity index (χ2n) is 5.24. The van der Waals surface area contributed by atoms with Crippen LogP contribution in [0.3, 0.4) is 0 Å². The van der Waals surface area contributed by atoms with Crippen LogP contribution < -0.4 is 0 Å². The fourth-order valence-electron chi connectivity index (χ4n) is 2.47. The van der Waals surface area contributed by atoms with Crippen molar-refractivity contribution in [3.63, 3.8) is 0 Å². The molecule has 0 aliphatic carbocycles. The molecule has 128 valence electrons. The van der Waals surface area contributed by atoms with E-state index in [1.54, 1.807) is 18.2 Å². The maximum absolute atomic E-state index is 11.1. The Morgan fingerprint density at radius 1 is 1.20 bits per heavy atom. The molecule has 0 N–H and O–H groups in total. The van der Waals surface area contributed by atoms with Crippen molar-refractivity contribution in [2.45, 2.75) is 24.4 Å². The van der Waals surface area contributed by atoms with Crippen LogP contribution in [0.25, 0.3) is 11.4 Å². The number of para-hydroxylation sites is 1. The van der Waals surface area contributed by atoms with Crippen molar-refractivity contribution in [3.8, 4) is 11.4 Å². The van der Waals surface area contributed by atoms with Crippen LogP contribution in [0.15, 0.2) is 53.7 Å². The Bertz CT molecular complexity index is 913. The summed E-state index contributed by atoms with van der Waals surface area (Å²) in [5.74, 6) is 1.18. The van der Waals surface area contributed by atoms with E-state index in [4.69, 9.17) is 11.6 Å². The van der Waals surface area contributed by atoms with Crippen molar-refractivity contribution in [1.82, 2.24) is 14.8 Å². The minimum Gasteiger partial charge on any atom is -0.302 e. The molecule has 3 rings (SSSR count). The summed E-state index contributed by atoms with van der Waals surface area (Å²) in [6.45, 7) is 2.69. The number of thioether (sulfide) groups is 1. The highest BCUT2D eigenvalue weighted by Gasteiger charge is 2.16. The molecule has 0 radical (unpaired) electrons. The van der Waals surface area contributed by atoms with E-state index in [-0.39, 0.29) is 10.6 Å². The maximum atomic E-state index is 11.1. The molecule has 3 aromatic rings. The molecule has 0 bridgehead atoms. The van der Waals surface area contributed by atoms with Crippen LogP contribution in [-0.4, -0.2) is 19.7 Å². The smallest absolute Gasteiger partial charge is 0.273 e. The number of hydrogen-bond acceptors (Lipinski definition) is 5. The Balaban J connectivity index is 1.86. The van der Waals surface area contributed by atoms with Gasteiger partial charge in [0.2, 0.25) is 0 Å². The lowest BCUT2D eigenvalue weighted by atomic mass is 10.2. The van der Waals surface area contributed by atoms with Crippen molar-refractivity contribution in [3.05, 3.63) is 69.2 Å². The Kier molecular flexibility index (Phi) is 5.35. The van der Waals surface area contributed by atoms with Gasteiger partial charge < -0.3 is 4.57 Å². The number of rotatable bonds is 6. The summed E-state index contributed by atoms with van der Waals surface area (Å²) >= 11 is 7.49. The van der Waals surface area contributed by atoms with Crippen molar-refractivity contribution in [1.29, 1.82) is 0 Å². The number of benzene rings is 2. The third-order valence-electron chi connectivity index (χ3n) is 3.66. The summed E-state index contributed by atoms with van der Waals surface area (Å²) in [5, 5.41) is 21.0. The van der Waals surface area contributed by atoms with Gasteiger partial charge in [-0.05, 0) is 19.1 Å². The summed E-state index contributed by atoms with van der Waals surface area (Å²) in [5.41, 5.74) is 1.67. The van der Waals surface area contributed by atoms with Crippen molar-refractivity contribution in [2.75, 3.05) is 0 Å². The van der Waals surface area contributed by atoms with Gasteiger partial charge in [0.25, 0.3) is 5.69 Å². The largest absolute Gasteiger partial charge is 0.302 e. The highest BCUT2D eigenvalue weighted by atomic mass is 35.5. The van der Waals surface area contributed by atoms with Crippen LogP contribution in [-0.2, 0) is 12.3 Å². The summed E-state index contributed by atoms with van der Waals surface area (Å²) < 4.78 is 1.98. The molecule has 25 heavy (non-hydrogen) atoms. The van der Waals surface area contributed by atoms with Crippen LogP contribution in [0.4, 0.5) is 5.69 Å². The fourth-order valence-corrected chi connectivity index (χ4v) is 3.66. The number of aromatic nitrogens is 3. The van der Waals surface area contributed by atoms with Gasteiger partial charge in [-0.25, -0.2) is 0 Å². The molecule has 6 nitrogen and oxygen atoms in total. The lowest BCUT2D eigenvalue weighted by molar-refractivity contribution is -0.385. The van der Waals surface area contributed by atoms with Gasteiger partial charge in [0.05, 0.1) is 4.92 Å². The summed E-state index contributed by atoms with van der Waals surface area (Å²) in [4.78, 5) is 10.8. The molecule has 0 amide bonds. The summed E-state index contributed by atoms with van der Waals surface area (Å²) in [6, 6.07) is 14.2. The van der Waals surface area contributed by atoms with Gasteiger partial charge in [0.15, 0.2) is 11.0 Å². The van der Waals surface area contributed by atoms with E-state index < -0.39 is 0 Å². The second kappa shape index (κ2) is 7.67. The zero-order chi connectivity index (χ0) is 17.8. The quantitative estimate of drug-likeness (QED) is 0.351. The van der Waals surface area contributed by atoms with E-state index in [2.05, 4.69) is 10.2 Å². The van der Waals surface area contributed by atoms with Gasteiger partial charge in [-0.15, -0.1) is 10.2 Å². The number of hydrogen-bond donors (Lipinski definition) is 0. The van der Waals surface area contributed by atoms with Gasteiger partial charge in [-0.3, -0.25) is 10.1 Å². The Morgan fingerprint density at radius 2 is 2.00 bits per heavy atom. The van der Waals surface area contributed by atoms with Crippen molar-refractivity contribution >= 4 is 29.1 Å². The summed E-state index contributed by atoms with van der Waals surface area (Å²) in [7, 11) is 0. The van der Waals surface area contributed by atoms with Gasteiger partial charge >= 0.3 is 0 Å². The second-order valence-corrected chi connectivity index (χ2v) is 6.61. The zero-order valence-electron chi connectivity index (χ0n) is 13.4. The lowest BCUT2D eigenvalue weighted by Gasteiger charge is -2.08. The number of nitro benzene ring substituents is 1. The van der Waals surface area contributed by atoms with Crippen LogP contribution >= 0.6 is 23.4 Å². The number of halogens is 1. The summed E-state index contributed by atoms with van der Waals surface area (Å²) in [6.07, 6.45) is 0. The Labute approximate surface area is 154 Å². The molecule has 2 aromatic carbocycles. The van der Waals surface area contributed by atoms with Gasteiger partial charge in [0.1, 0.15) is 0 Å². The molecular formula is C17H15ClN4O2S. The van der Waals surface area contributed by atoms with Gasteiger partial charge in [0, 0.05) is 34.5 Å². The molecule has 0 aliphatic rings. The lowest BCUT2D eigenvalue weighted by Crippen LogP contribution is -2.00. The molecule has 0 unspecified atom stereocenters. The number of nitrogens with zero attached hydrogens (tertiary/aromatic N) is 4. The monoisotopic (exact) mass is 374 g/mol. The van der Waals surface area contributed by atoms with E-state index >= 15 is 0 Å². The van der Waals surface area contributed by atoms with Gasteiger partial charge in [-0.1, -0.05) is 53.7 Å². The molecule has 0 atom stereocenters. The predicted octanol–water partition coefficient (Wildman–Crippen LogP) is 4.82. The van der Waals surface area contributed by atoms with Crippen molar-refractivity contribution < 1.29 is 4.92 Å². The molecule has 0 fully saturated rings. The van der Waals surface area contributed by atoms with Crippen LogP contribution in [0.1, 0.15) is 12.5 Å². The van der Waals surface area contributed by atoms with Crippen LogP contribution in [0.5, 0.6) is 0 Å². The predicted molar refractivity (Wildman–Crippen MR) is 98.8 cm³/mol. The third-order valence-corrected chi connectivity index (χ3v) is 4.91. The van der Waals surface area contributed by atoms with Crippen LogP contribution in [0.2, 0.25) is 5.02 Å². The highest BCUT2D eigenvalue weighted by molar-refractivity contribution is 7.98. The molecule has 0 aliphatic heterocycles. The van der Waals surface area contributed by atoms with Crippen molar-refractivity contribution in [2.24, 2.45) is 0 Å². The molecule has 0 spiro atoms. The first-order valence-electron chi connectivity index (χ1n) is 7.64. The van der Waals surface area contributed by atoms with E-state index in [0.29, 0.717) is 22.9 Å². The highest BCUT2D eigenvalue weighted by Crippen LogP contribution is 2.30.